The SMILES string of the molecule is Cc1nc(-c2cnn(C)c2)sc1C(=O)N1CCCCC1C(C)N.Cl.Cl. The van der Waals surface area contributed by atoms with Gasteiger partial charge in [-0.25, -0.2) is 4.98 Å². The number of rotatable bonds is 3. The molecule has 1 saturated heterocycles. The zero-order valence-corrected chi connectivity index (χ0v) is 17.1. The van der Waals surface area contributed by atoms with Crippen molar-refractivity contribution >= 4 is 42.1 Å². The fourth-order valence-corrected chi connectivity index (χ4v) is 4.13. The summed E-state index contributed by atoms with van der Waals surface area (Å²) in [7, 11) is 1.87. The maximum absolute atomic E-state index is 13.0. The molecule has 1 aliphatic heterocycles. The fourth-order valence-electron chi connectivity index (χ4n) is 3.14. The molecule has 0 saturated carbocycles. The molecular weight excluding hydrogens is 381 g/mol. The van der Waals surface area contributed by atoms with E-state index in [2.05, 4.69) is 10.1 Å². The number of aromatic nitrogens is 3. The minimum atomic E-state index is -0.00901. The van der Waals surface area contributed by atoms with E-state index < -0.39 is 0 Å². The molecule has 6 nitrogen and oxygen atoms in total. The highest BCUT2D eigenvalue weighted by molar-refractivity contribution is 7.17. The number of thiazole rings is 1. The van der Waals surface area contributed by atoms with Gasteiger partial charge in [-0.1, -0.05) is 0 Å². The monoisotopic (exact) mass is 405 g/mol. The van der Waals surface area contributed by atoms with Crippen LogP contribution in [0.4, 0.5) is 0 Å². The van der Waals surface area contributed by atoms with Crippen LogP contribution in [0.5, 0.6) is 0 Å². The molecule has 1 aliphatic rings. The Balaban J connectivity index is 0.00000156. The molecule has 140 valence electrons. The normalized spacial score (nSPS) is 18.2. The van der Waals surface area contributed by atoms with Crippen LogP contribution in [0, 0.1) is 6.92 Å². The smallest absolute Gasteiger partial charge is 0.266 e. The number of amides is 1. The van der Waals surface area contributed by atoms with Gasteiger partial charge in [-0.15, -0.1) is 36.2 Å². The first-order valence-electron chi connectivity index (χ1n) is 8.00. The number of aryl methyl sites for hydroxylation is 2. The largest absolute Gasteiger partial charge is 0.333 e. The van der Waals surface area contributed by atoms with E-state index in [-0.39, 0.29) is 42.8 Å². The van der Waals surface area contributed by atoms with Crippen LogP contribution in [0.25, 0.3) is 10.6 Å². The second-order valence-corrected chi connectivity index (χ2v) is 7.26. The average Bonchev–Trinajstić information content (AvgIpc) is 3.12. The zero-order chi connectivity index (χ0) is 16.6. The van der Waals surface area contributed by atoms with Crippen molar-refractivity contribution in [1.29, 1.82) is 0 Å². The van der Waals surface area contributed by atoms with Crippen LogP contribution in [-0.4, -0.2) is 44.2 Å². The molecule has 3 rings (SSSR count). The Labute approximate surface area is 164 Å². The lowest BCUT2D eigenvalue weighted by Crippen LogP contribution is -2.51. The topological polar surface area (TPSA) is 77.0 Å². The maximum atomic E-state index is 13.0. The molecule has 9 heteroatoms. The van der Waals surface area contributed by atoms with Crippen molar-refractivity contribution in [2.24, 2.45) is 12.8 Å². The molecular formula is C16H25Cl2N5OS. The van der Waals surface area contributed by atoms with Gasteiger partial charge in [-0.3, -0.25) is 9.48 Å². The number of carbonyl (C=O) groups excluding carboxylic acids is 1. The molecule has 3 heterocycles. The Kier molecular flexibility index (Phi) is 7.87. The van der Waals surface area contributed by atoms with Crippen LogP contribution in [0.2, 0.25) is 0 Å². The molecule has 1 fully saturated rings. The van der Waals surface area contributed by atoms with Crippen LogP contribution in [0.15, 0.2) is 12.4 Å². The van der Waals surface area contributed by atoms with E-state index in [0.717, 1.165) is 46.9 Å². The first-order valence-corrected chi connectivity index (χ1v) is 8.82. The summed E-state index contributed by atoms with van der Waals surface area (Å²) < 4.78 is 1.74. The van der Waals surface area contributed by atoms with Gasteiger partial charge in [0, 0.05) is 37.4 Å². The lowest BCUT2D eigenvalue weighted by atomic mass is 9.96. The van der Waals surface area contributed by atoms with Crippen molar-refractivity contribution in [3.05, 3.63) is 23.0 Å². The standard InChI is InChI=1S/C16H23N5OS.2ClH/c1-10(17)13-6-4-5-7-21(13)16(22)14-11(2)19-15(23-14)12-8-18-20(3)9-12;;/h8-10,13H,4-7,17H2,1-3H3;2*1H. The summed E-state index contributed by atoms with van der Waals surface area (Å²) in [5.41, 5.74) is 7.82. The number of halogens is 2. The first-order chi connectivity index (χ1) is 11.0. The van der Waals surface area contributed by atoms with Crippen LogP contribution in [0.3, 0.4) is 0 Å². The number of carbonyl (C=O) groups is 1. The number of hydrogen-bond donors (Lipinski definition) is 1. The molecule has 2 aromatic rings. The molecule has 25 heavy (non-hydrogen) atoms. The molecule has 2 N–H and O–H groups in total. The summed E-state index contributed by atoms with van der Waals surface area (Å²) in [5, 5.41) is 5.01. The highest BCUT2D eigenvalue weighted by Crippen LogP contribution is 2.30. The van der Waals surface area contributed by atoms with Gasteiger partial charge in [-0.2, -0.15) is 5.10 Å². The van der Waals surface area contributed by atoms with Crippen molar-refractivity contribution in [3.63, 3.8) is 0 Å². The van der Waals surface area contributed by atoms with E-state index in [1.807, 2.05) is 32.0 Å². The quantitative estimate of drug-likeness (QED) is 0.850. The Hall–Kier alpha value is -1.15. The molecule has 0 spiro atoms. The third-order valence-electron chi connectivity index (χ3n) is 4.36. The number of likely N-dealkylation sites (tertiary alicyclic amines) is 1. The maximum Gasteiger partial charge on any atom is 0.266 e. The third-order valence-corrected chi connectivity index (χ3v) is 5.55. The average molecular weight is 406 g/mol. The summed E-state index contributed by atoms with van der Waals surface area (Å²) in [6.07, 6.45) is 6.86. The van der Waals surface area contributed by atoms with Gasteiger partial charge in [-0.05, 0) is 33.1 Å². The van der Waals surface area contributed by atoms with E-state index in [4.69, 9.17) is 5.73 Å². The van der Waals surface area contributed by atoms with Gasteiger partial charge < -0.3 is 10.6 Å². The van der Waals surface area contributed by atoms with E-state index in [1.54, 1.807) is 10.9 Å². The van der Waals surface area contributed by atoms with Crippen molar-refractivity contribution in [1.82, 2.24) is 19.7 Å². The number of piperidine rings is 1. The fraction of sp³-hybridized carbons (Fsp3) is 0.562. The van der Waals surface area contributed by atoms with Crippen molar-refractivity contribution in [2.45, 2.75) is 45.2 Å². The molecule has 0 aliphatic carbocycles. The minimum absolute atomic E-state index is 0. The van der Waals surface area contributed by atoms with E-state index in [0.29, 0.717) is 0 Å². The van der Waals surface area contributed by atoms with Gasteiger partial charge in [0.1, 0.15) is 9.88 Å². The van der Waals surface area contributed by atoms with Crippen LogP contribution in [-0.2, 0) is 7.05 Å². The second kappa shape index (κ2) is 8.98. The Morgan fingerprint density at radius 2 is 2.12 bits per heavy atom. The van der Waals surface area contributed by atoms with E-state index in [9.17, 15) is 4.79 Å². The summed E-state index contributed by atoms with van der Waals surface area (Å²) in [6.45, 7) is 4.66. The van der Waals surface area contributed by atoms with Crippen LogP contribution >= 0.6 is 36.2 Å². The predicted octanol–water partition coefficient (Wildman–Crippen LogP) is 3.04. The summed E-state index contributed by atoms with van der Waals surface area (Å²) >= 11 is 1.44. The Bertz CT molecular complexity index is 715. The molecule has 2 unspecified atom stereocenters. The van der Waals surface area contributed by atoms with Gasteiger partial charge >= 0.3 is 0 Å². The number of hydrogen-bond acceptors (Lipinski definition) is 5. The lowest BCUT2D eigenvalue weighted by molar-refractivity contribution is 0.0588. The molecule has 2 atom stereocenters. The molecule has 2 aromatic heterocycles. The molecule has 1 amide bonds. The van der Waals surface area contributed by atoms with E-state index in [1.165, 1.54) is 11.3 Å². The van der Waals surface area contributed by atoms with Gasteiger partial charge in [0.2, 0.25) is 0 Å². The highest BCUT2D eigenvalue weighted by atomic mass is 35.5. The highest BCUT2D eigenvalue weighted by Gasteiger charge is 2.31. The van der Waals surface area contributed by atoms with Crippen molar-refractivity contribution in [3.8, 4) is 10.6 Å². The van der Waals surface area contributed by atoms with E-state index >= 15 is 0 Å². The van der Waals surface area contributed by atoms with Crippen LogP contribution < -0.4 is 5.73 Å². The Morgan fingerprint density at radius 1 is 1.40 bits per heavy atom. The zero-order valence-electron chi connectivity index (χ0n) is 14.6. The summed E-state index contributed by atoms with van der Waals surface area (Å²) in [5.74, 6) is 0.0668. The predicted molar refractivity (Wildman–Crippen MR) is 106 cm³/mol. The Morgan fingerprint density at radius 3 is 2.72 bits per heavy atom. The van der Waals surface area contributed by atoms with Gasteiger partial charge in [0.15, 0.2) is 0 Å². The van der Waals surface area contributed by atoms with Crippen LogP contribution in [0.1, 0.15) is 41.6 Å². The summed E-state index contributed by atoms with van der Waals surface area (Å²) in [4.78, 5) is 20.2. The molecule has 0 aromatic carbocycles. The van der Waals surface area contributed by atoms with Crippen molar-refractivity contribution < 1.29 is 4.79 Å². The minimum Gasteiger partial charge on any atom is -0.333 e. The van der Waals surface area contributed by atoms with Gasteiger partial charge in [0.25, 0.3) is 5.91 Å². The lowest BCUT2D eigenvalue weighted by Gasteiger charge is -2.37. The molecule has 0 bridgehead atoms. The van der Waals surface area contributed by atoms with Gasteiger partial charge in [0.05, 0.1) is 11.9 Å². The number of nitrogens with two attached hydrogens (primary N) is 1. The number of nitrogens with zero attached hydrogens (tertiary/aromatic N) is 4. The van der Waals surface area contributed by atoms with Crippen molar-refractivity contribution in [2.75, 3.05) is 6.54 Å². The second-order valence-electron chi connectivity index (χ2n) is 6.26. The molecule has 0 radical (unpaired) electrons. The third kappa shape index (κ3) is 4.53. The summed E-state index contributed by atoms with van der Waals surface area (Å²) in [6, 6.07) is 0.116. The first kappa shape index (κ1) is 21.9.